The molecule has 0 radical (unpaired) electrons. The van der Waals surface area contributed by atoms with Crippen LogP contribution >= 0.6 is 0 Å². The van der Waals surface area contributed by atoms with E-state index in [0.29, 0.717) is 19.5 Å². The first-order valence-electron chi connectivity index (χ1n) is 8.33. The first-order chi connectivity index (χ1) is 11.5. The molecular weight excluding hydrogens is 306 g/mol. The average molecular weight is 329 g/mol. The second-order valence-electron chi connectivity index (χ2n) is 6.65. The van der Waals surface area contributed by atoms with Crippen LogP contribution < -0.4 is 0 Å². The van der Waals surface area contributed by atoms with Gasteiger partial charge >= 0.3 is 5.97 Å². The van der Waals surface area contributed by atoms with Gasteiger partial charge in [-0.05, 0) is 30.4 Å². The van der Waals surface area contributed by atoms with Crippen LogP contribution in [0.5, 0.6) is 0 Å². The Morgan fingerprint density at radius 1 is 1.29 bits per heavy atom. The van der Waals surface area contributed by atoms with Gasteiger partial charge in [0.05, 0.1) is 11.0 Å². The molecule has 1 aromatic heterocycles. The van der Waals surface area contributed by atoms with Crippen molar-refractivity contribution in [1.29, 1.82) is 0 Å². The highest BCUT2D eigenvalue weighted by atomic mass is 16.4. The zero-order valence-electron chi connectivity index (χ0n) is 14.1. The molecule has 1 saturated heterocycles. The lowest BCUT2D eigenvalue weighted by Gasteiger charge is -2.37. The Balaban J connectivity index is 1.85. The Kier molecular flexibility index (Phi) is 4.55. The molecule has 1 amide bonds. The van der Waals surface area contributed by atoms with Crippen LogP contribution in [0.4, 0.5) is 0 Å². The fourth-order valence-corrected chi connectivity index (χ4v) is 3.70. The molecule has 128 valence electrons. The summed E-state index contributed by atoms with van der Waals surface area (Å²) >= 11 is 0. The molecular formula is C18H23N3O3. The number of amides is 1. The largest absolute Gasteiger partial charge is 0.481 e. The predicted molar refractivity (Wildman–Crippen MR) is 90.5 cm³/mol. The topological polar surface area (TPSA) is 75.4 Å². The van der Waals surface area contributed by atoms with Gasteiger partial charge in [-0.15, -0.1) is 0 Å². The molecule has 1 aromatic carbocycles. The fraction of sp³-hybridized carbons (Fsp3) is 0.500. The van der Waals surface area contributed by atoms with Crippen molar-refractivity contribution >= 4 is 22.9 Å². The van der Waals surface area contributed by atoms with Gasteiger partial charge < -0.3 is 14.6 Å². The highest BCUT2D eigenvalue weighted by Gasteiger charge is 2.32. The van der Waals surface area contributed by atoms with Crippen molar-refractivity contribution < 1.29 is 14.7 Å². The van der Waals surface area contributed by atoms with Crippen LogP contribution in [0, 0.1) is 11.8 Å². The highest BCUT2D eigenvalue weighted by Crippen LogP contribution is 2.30. The third-order valence-corrected chi connectivity index (χ3v) is 5.10. The van der Waals surface area contributed by atoms with Gasteiger partial charge in [0.15, 0.2) is 0 Å². The molecule has 3 rings (SSSR count). The van der Waals surface area contributed by atoms with Crippen LogP contribution in [0.2, 0.25) is 0 Å². The summed E-state index contributed by atoms with van der Waals surface area (Å²) in [6.45, 7) is 2.83. The number of carboxylic acids is 1. The Morgan fingerprint density at radius 2 is 2.04 bits per heavy atom. The monoisotopic (exact) mass is 329 g/mol. The van der Waals surface area contributed by atoms with Crippen LogP contribution in [0.25, 0.3) is 11.0 Å². The van der Waals surface area contributed by atoms with Gasteiger partial charge in [-0.25, -0.2) is 4.98 Å². The highest BCUT2D eigenvalue weighted by molar-refractivity contribution is 5.76. The van der Waals surface area contributed by atoms with E-state index >= 15 is 0 Å². The Hall–Kier alpha value is -2.37. The van der Waals surface area contributed by atoms with Crippen molar-refractivity contribution in [1.82, 2.24) is 14.5 Å². The summed E-state index contributed by atoms with van der Waals surface area (Å²) in [7, 11) is 1.99. The van der Waals surface area contributed by atoms with Gasteiger partial charge in [0, 0.05) is 39.9 Å². The molecule has 1 aliphatic heterocycles. The second-order valence-corrected chi connectivity index (χ2v) is 6.65. The minimum absolute atomic E-state index is 0.0544. The SMILES string of the molecule is CC(=O)N1CCC(CC(=O)O)C(Cc2nc3ccccc3n2C)C1. The van der Waals surface area contributed by atoms with Gasteiger partial charge in [-0.2, -0.15) is 0 Å². The Labute approximate surface area is 141 Å². The van der Waals surface area contributed by atoms with Crippen LogP contribution in [0.1, 0.15) is 25.6 Å². The lowest BCUT2D eigenvalue weighted by atomic mass is 9.81. The number of hydrogen-bond acceptors (Lipinski definition) is 3. The number of aliphatic carboxylic acids is 1. The molecule has 2 heterocycles. The summed E-state index contributed by atoms with van der Waals surface area (Å²) in [6, 6.07) is 7.96. The molecule has 1 N–H and O–H groups in total. The Morgan fingerprint density at radius 3 is 2.71 bits per heavy atom. The van der Waals surface area contributed by atoms with Crippen molar-refractivity contribution in [2.45, 2.75) is 26.2 Å². The molecule has 1 fully saturated rings. The number of carboxylic acid groups (broad SMARTS) is 1. The maximum atomic E-state index is 11.7. The maximum Gasteiger partial charge on any atom is 0.303 e. The van der Waals surface area contributed by atoms with E-state index in [2.05, 4.69) is 4.57 Å². The van der Waals surface area contributed by atoms with Crippen LogP contribution in [-0.4, -0.2) is 44.5 Å². The van der Waals surface area contributed by atoms with Gasteiger partial charge in [0.1, 0.15) is 5.82 Å². The number of carbonyl (C=O) groups is 2. The van der Waals surface area contributed by atoms with E-state index in [4.69, 9.17) is 4.98 Å². The number of piperidine rings is 1. The standard InChI is InChI=1S/C18H23N3O3/c1-12(22)21-8-7-13(10-18(23)24)14(11-21)9-17-19-15-5-3-4-6-16(15)20(17)2/h3-6,13-14H,7-11H2,1-2H3,(H,23,24). The number of fused-ring (bicyclic) bond motifs is 1. The minimum atomic E-state index is -0.772. The molecule has 24 heavy (non-hydrogen) atoms. The van der Waals surface area contributed by atoms with Gasteiger partial charge in [0.2, 0.25) is 5.91 Å². The molecule has 6 nitrogen and oxygen atoms in total. The van der Waals surface area contributed by atoms with Gasteiger partial charge in [0.25, 0.3) is 0 Å². The van der Waals surface area contributed by atoms with Crippen LogP contribution in [0.3, 0.4) is 0 Å². The van der Waals surface area contributed by atoms with Gasteiger partial charge in [-0.1, -0.05) is 12.1 Å². The fourth-order valence-electron chi connectivity index (χ4n) is 3.70. The van der Waals surface area contributed by atoms with E-state index in [1.165, 1.54) is 0 Å². The summed E-state index contributed by atoms with van der Waals surface area (Å²) in [5.41, 5.74) is 2.02. The number of hydrogen-bond donors (Lipinski definition) is 1. The molecule has 0 aliphatic carbocycles. The zero-order valence-corrected chi connectivity index (χ0v) is 14.1. The number of nitrogens with zero attached hydrogens (tertiary/aromatic N) is 3. The summed E-state index contributed by atoms with van der Waals surface area (Å²) in [5, 5.41) is 9.19. The van der Waals surface area contributed by atoms with Crippen molar-refractivity contribution in [2.75, 3.05) is 13.1 Å². The number of imidazole rings is 1. The van der Waals surface area contributed by atoms with E-state index < -0.39 is 5.97 Å². The van der Waals surface area contributed by atoms with E-state index in [-0.39, 0.29) is 24.2 Å². The van der Waals surface area contributed by atoms with Crippen LogP contribution in [-0.2, 0) is 23.1 Å². The second kappa shape index (κ2) is 6.63. The first-order valence-corrected chi connectivity index (χ1v) is 8.33. The molecule has 2 atom stereocenters. The number of rotatable bonds is 4. The lowest BCUT2D eigenvalue weighted by molar-refractivity contribution is -0.139. The molecule has 2 aromatic rings. The smallest absolute Gasteiger partial charge is 0.303 e. The Bertz CT molecular complexity index is 768. The zero-order chi connectivity index (χ0) is 17.3. The summed E-state index contributed by atoms with van der Waals surface area (Å²) < 4.78 is 2.07. The van der Waals surface area contributed by atoms with Crippen molar-refractivity contribution in [3.05, 3.63) is 30.1 Å². The number of likely N-dealkylation sites (tertiary alicyclic amines) is 1. The molecule has 6 heteroatoms. The number of aromatic nitrogens is 2. The van der Waals surface area contributed by atoms with Crippen molar-refractivity contribution in [3.8, 4) is 0 Å². The van der Waals surface area contributed by atoms with E-state index in [1.54, 1.807) is 6.92 Å². The van der Waals surface area contributed by atoms with E-state index in [9.17, 15) is 14.7 Å². The van der Waals surface area contributed by atoms with E-state index in [1.807, 2.05) is 36.2 Å². The number of para-hydroxylation sites is 2. The quantitative estimate of drug-likeness (QED) is 0.932. The predicted octanol–water partition coefficient (Wildman–Crippen LogP) is 2.08. The normalized spacial score (nSPS) is 21.2. The lowest BCUT2D eigenvalue weighted by Crippen LogP contribution is -2.44. The van der Waals surface area contributed by atoms with E-state index in [0.717, 1.165) is 23.3 Å². The van der Waals surface area contributed by atoms with Gasteiger partial charge in [-0.3, -0.25) is 9.59 Å². The summed E-state index contributed by atoms with van der Waals surface area (Å²) in [5.74, 6) is 0.430. The minimum Gasteiger partial charge on any atom is -0.481 e. The summed E-state index contributed by atoms with van der Waals surface area (Å²) in [6.07, 6.45) is 1.58. The van der Waals surface area contributed by atoms with Crippen LogP contribution in [0.15, 0.2) is 24.3 Å². The molecule has 0 saturated carbocycles. The van der Waals surface area contributed by atoms with Crippen molar-refractivity contribution in [3.63, 3.8) is 0 Å². The third-order valence-electron chi connectivity index (χ3n) is 5.10. The first kappa shape index (κ1) is 16.5. The molecule has 0 bridgehead atoms. The third kappa shape index (κ3) is 3.27. The molecule has 1 aliphatic rings. The number of carbonyl (C=O) groups excluding carboxylic acids is 1. The summed E-state index contributed by atoms with van der Waals surface area (Å²) in [4.78, 5) is 29.4. The molecule has 2 unspecified atom stereocenters. The molecule has 0 spiro atoms. The maximum absolute atomic E-state index is 11.7. The average Bonchev–Trinajstić information content (AvgIpc) is 2.85. The number of benzene rings is 1. The number of aryl methyl sites for hydroxylation is 1. The van der Waals surface area contributed by atoms with Crippen molar-refractivity contribution in [2.24, 2.45) is 18.9 Å².